The van der Waals surface area contributed by atoms with Crippen LogP contribution in [-0.4, -0.2) is 35.8 Å². The van der Waals surface area contributed by atoms with E-state index >= 15 is 0 Å². The fraction of sp³-hybridized carbons (Fsp3) is 1.00. The van der Waals surface area contributed by atoms with Gasteiger partial charge in [0.15, 0.2) is 5.79 Å². The van der Waals surface area contributed by atoms with E-state index in [1.165, 1.54) is 0 Å². The zero-order chi connectivity index (χ0) is 13.4. The molecule has 2 fully saturated rings. The molecule has 1 aliphatic carbocycles. The van der Waals surface area contributed by atoms with Crippen LogP contribution < -0.4 is 5.73 Å². The predicted octanol–water partition coefficient (Wildman–Crippen LogP) is 1.80. The van der Waals surface area contributed by atoms with Crippen molar-refractivity contribution in [1.82, 2.24) is 0 Å². The third kappa shape index (κ3) is 3.05. The number of hydrogen-bond acceptors (Lipinski definition) is 4. The van der Waals surface area contributed by atoms with Crippen LogP contribution in [0.25, 0.3) is 0 Å². The van der Waals surface area contributed by atoms with E-state index in [1.807, 2.05) is 0 Å². The van der Waals surface area contributed by atoms with E-state index in [0.717, 1.165) is 19.3 Å². The summed E-state index contributed by atoms with van der Waals surface area (Å²) in [7, 11) is 0. The first-order valence-electron chi connectivity index (χ1n) is 7.01. The predicted molar refractivity (Wildman–Crippen MR) is 70.1 cm³/mol. The van der Waals surface area contributed by atoms with Crippen molar-refractivity contribution in [1.29, 1.82) is 0 Å². The van der Waals surface area contributed by atoms with Crippen molar-refractivity contribution >= 4 is 0 Å². The van der Waals surface area contributed by atoms with Crippen LogP contribution in [0.1, 0.15) is 52.9 Å². The van der Waals surface area contributed by atoms with Crippen molar-refractivity contribution < 1.29 is 14.6 Å². The molecule has 4 heteroatoms. The van der Waals surface area contributed by atoms with Gasteiger partial charge in [0.1, 0.15) is 0 Å². The maximum atomic E-state index is 10.7. The van der Waals surface area contributed by atoms with Crippen LogP contribution in [0.4, 0.5) is 0 Å². The minimum absolute atomic E-state index is 0.143. The smallest absolute Gasteiger partial charge is 0.168 e. The van der Waals surface area contributed by atoms with E-state index in [4.69, 9.17) is 15.2 Å². The normalized spacial score (nSPS) is 28.5. The minimum Gasteiger partial charge on any atom is -0.388 e. The fourth-order valence-corrected chi connectivity index (χ4v) is 3.07. The lowest BCUT2D eigenvalue weighted by atomic mass is 9.72. The van der Waals surface area contributed by atoms with Crippen molar-refractivity contribution in [3.63, 3.8) is 0 Å². The summed E-state index contributed by atoms with van der Waals surface area (Å²) in [4.78, 5) is 0. The Morgan fingerprint density at radius 1 is 1.11 bits per heavy atom. The SMILES string of the molecule is CC(C)(C)CC(N)C1(O)CCC2(CC1)OCCO2. The molecule has 1 heterocycles. The Balaban J connectivity index is 1.94. The molecule has 1 aliphatic heterocycles. The molecule has 0 aromatic carbocycles. The average molecular weight is 257 g/mol. The van der Waals surface area contributed by atoms with Crippen LogP contribution in [0.2, 0.25) is 0 Å². The highest BCUT2D eigenvalue weighted by atomic mass is 16.7. The molecule has 2 aliphatic rings. The van der Waals surface area contributed by atoms with Gasteiger partial charge in [-0.25, -0.2) is 0 Å². The number of nitrogens with two attached hydrogens (primary N) is 1. The summed E-state index contributed by atoms with van der Waals surface area (Å²) >= 11 is 0. The Hall–Kier alpha value is -0.160. The van der Waals surface area contributed by atoms with Crippen LogP contribution in [0.3, 0.4) is 0 Å². The van der Waals surface area contributed by atoms with Crippen LogP contribution in [0.5, 0.6) is 0 Å². The monoisotopic (exact) mass is 257 g/mol. The highest BCUT2D eigenvalue weighted by molar-refractivity contribution is 4.98. The van der Waals surface area contributed by atoms with E-state index in [0.29, 0.717) is 26.1 Å². The van der Waals surface area contributed by atoms with Crippen molar-refractivity contribution in [2.75, 3.05) is 13.2 Å². The average Bonchev–Trinajstić information content (AvgIpc) is 2.70. The second-order valence-corrected chi connectivity index (χ2v) is 7.08. The van der Waals surface area contributed by atoms with Gasteiger partial charge in [-0.2, -0.15) is 0 Å². The number of rotatable bonds is 2. The molecule has 4 nitrogen and oxygen atoms in total. The molecular formula is C14H27NO3. The quantitative estimate of drug-likeness (QED) is 0.791. The van der Waals surface area contributed by atoms with Gasteiger partial charge in [-0.1, -0.05) is 20.8 Å². The summed E-state index contributed by atoms with van der Waals surface area (Å²) in [6, 6.07) is -0.170. The lowest BCUT2D eigenvalue weighted by Gasteiger charge is -2.44. The summed E-state index contributed by atoms with van der Waals surface area (Å²) in [5.74, 6) is -0.423. The van der Waals surface area contributed by atoms with Crippen molar-refractivity contribution in [3.05, 3.63) is 0 Å². The van der Waals surface area contributed by atoms with Gasteiger partial charge in [0.05, 0.1) is 18.8 Å². The molecule has 1 spiro atoms. The van der Waals surface area contributed by atoms with Gasteiger partial charge in [0, 0.05) is 18.9 Å². The Bertz CT molecular complexity index is 282. The Kier molecular flexibility index (Phi) is 3.76. The minimum atomic E-state index is -0.756. The van der Waals surface area contributed by atoms with Crippen molar-refractivity contribution in [2.45, 2.75) is 70.3 Å². The summed E-state index contributed by atoms with van der Waals surface area (Å²) in [5.41, 5.74) is 5.61. The van der Waals surface area contributed by atoms with Crippen LogP contribution >= 0.6 is 0 Å². The molecular weight excluding hydrogens is 230 g/mol. The second kappa shape index (κ2) is 4.75. The van der Waals surface area contributed by atoms with Gasteiger partial charge >= 0.3 is 0 Å². The van der Waals surface area contributed by atoms with E-state index in [2.05, 4.69) is 20.8 Å². The molecule has 1 saturated carbocycles. The summed E-state index contributed by atoms with van der Waals surface area (Å²) in [6.07, 6.45) is 3.68. The highest BCUT2D eigenvalue weighted by Crippen LogP contribution is 2.42. The molecule has 3 N–H and O–H groups in total. The van der Waals surface area contributed by atoms with Gasteiger partial charge in [0.25, 0.3) is 0 Å². The third-order valence-electron chi connectivity index (χ3n) is 4.21. The summed E-state index contributed by atoms with van der Waals surface area (Å²) in [6.45, 7) is 7.82. The van der Waals surface area contributed by atoms with E-state index in [1.54, 1.807) is 0 Å². The van der Waals surface area contributed by atoms with Gasteiger partial charge in [-0.05, 0) is 24.7 Å². The van der Waals surface area contributed by atoms with Crippen LogP contribution in [0, 0.1) is 5.41 Å². The molecule has 0 radical (unpaired) electrons. The molecule has 0 bridgehead atoms. The standard InChI is InChI=1S/C14H27NO3/c1-12(2,3)10-11(15)13(16)4-6-14(7-5-13)17-8-9-18-14/h11,16H,4-10,15H2,1-3H3. The second-order valence-electron chi connectivity index (χ2n) is 7.08. The highest BCUT2D eigenvalue weighted by Gasteiger charge is 2.48. The van der Waals surface area contributed by atoms with Gasteiger partial charge in [-0.15, -0.1) is 0 Å². The van der Waals surface area contributed by atoms with Crippen molar-refractivity contribution in [3.8, 4) is 0 Å². The third-order valence-corrected chi connectivity index (χ3v) is 4.21. The number of ether oxygens (including phenoxy) is 2. The first-order valence-corrected chi connectivity index (χ1v) is 7.01. The molecule has 106 valence electrons. The zero-order valence-corrected chi connectivity index (χ0v) is 11.9. The topological polar surface area (TPSA) is 64.7 Å². The van der Waals surface area contributed by atoms with E-state index in [9.17, 15) is 5.11 Å². The van der Waals surface area contributed by atoms with Crippen molar-refractivity contribution in [2.24, 2.45) is 11.1 Å². The van der Waals surface area contributed by atoms with Crippen LogP contribution in [-0.2, 0) is 9.47 Å². The molecule has 1 atom stereocenters. The molecule has 2 rings (SSSR count). The van der Waals surface area contributed by atoms with Gasteiger partial charge < -0.3 is 20.3 Å². The van der Waals surface area contributed by atoms with E-state index in [-0.39, 0.29) is 11.5 Å². The first kappa shape index (κ1) is 14.3. The van der Waals surface area contributed by atoms with Gasteiger partial charge in [-0.3, -0.25) is 0 Å². The lowest BCUT2D eigenvalue weighted by Crippen LogP contribution is -2.54. The zero-order valence-electron chi connectivity index (χ0n) is 11.9. The number of aliphatic hydroxyl groups is 1. The molecule has 0 aromatic rings. The lowest BCUT2D eigenvalue weighted by molar-refractivity contribution is -0.206. The molecule has 0 aromatic heterocycles. The van der Waals surface area contributed by atoms with Crippen LogP contribution in [0.15, 0.2) is 0 Å². The fourth-order valence-electron chi connectivity index (χ4n) is 3.07. The molecule has 1 unspecified atom stereocenters. The molecule has 18 heavy (non-hydrogen) atoms. The summed E-state index contributed by atoms with van der Waals surface area (Å²) in [5, 5.41) is 10.7. The van der Waals surface area contributed by atoms with Gasteiger partial charge in [0.2, 0.25) is 0 Å². The number of hydrogen-bond donors (Lipinski definition) is 2. The largest absolute Gasteiger partial charge is 0.388 e. The Labute approximate surface area is 110 Å². The Morgan fingerprint density at radius 3 is 2.06 bits per heavy atom. The van der Waals surface area contributed by atoms with E-state index < -0.39 is 11.4 Å². The maximum Gasteiger partial charge on any atom is 0.168 e. The summed E-state index contributed by atoms with van der Waals surface area (Å²) < 4.78 is 11.4. The first-order chi connectivity index (χ1) is 8.25. The Morgan fingerprint density at radius 2 is 1.61 bits per heavy atom. The molecule has 1 saturated heterocycles. The molecule has 0 amide bonds. The maximum absolute atomic E-state index is 10.7.